The highest BCUT2D eigenvalue weighted by Crippen LogP contribution is 2.48. The summed E-state index contributed by atoms with van der Waals surface area (Å²) in [6.07, 6.45) is 5.43. The number of imidazole rings is 1. The van der Waals surface area contributed by atoms with Gasteiger partial charge in [-0.05, 0) is 40.5 Å². The predicted octanol–water partition coefficient (Wildman–Crippen LogP) is 1.30. The summed E-state index contributed by atoms with van der Waals surface area (Å²) in [5.74, 6) is -0.294. The molecule has 2 N–H and O–H groups in total. The van der Waals surface area contributed by atoms with Gasteiger partial charge < -0.3 is 24.7 Å². The number of aromatic nitrogens is 4. The third-order valence-corrected chi connectivity index (χ3v) is 6.75. The molecule has 168 valence electrons. The van der Waals surface area contributed by atoms with Crippen molar-refractivity contribution >= 4 is 23.3 Å². The van der Waals surface area contributed by atoms with Crippen molar-refractivity contribution in [3.05, 3.63) is 12.7 Å². The zero-order chi connectivity index (χ0) is 22.0. The molecule has 3 aliphatic rings. The number of rotatable bonds is 6. The number of anilines is 1. The number of fused-ring (bicyclic) bond motifs is 2. The van der Waals surface area contributed by atoms with Crippen molar-refractivity contribution in [1.29, 1.82) is 0 Å². The average molecular weight is 431 g/mol. The van der Waals surface area contributed by atoms with E-state index in [0.29, 0.717) is 42.2 Å². The molecule has 10 heteroatoms. The average Bonchev–Trinajstić information content (AvgIpc) is 3.31. The molecule has 0 aromatic carbocycles. The van der Waals surface area contributed by atoms with Crippen LogP contribution in [0.1, 0.15) is 40.5 Å². The van der Waals surface area contributed by atoms with E-state index < -0.39 is 11.5 Å². The van der Waals surface area contributed by atoms with Gasteiger partial charge in [-0.25, -0.2) is 15.0 Å². The van der Waals surface area contributed by atoms with Crippen LogP contribution in [0.25, 0.3) is 11.2 Å². The Bertz CT molecular complexity index is 987. The molecule has 3 atom stereocenters. The number of hydrogen-bond acceptors (Lipinski definition) is 9. The van der Waals surface area contributed by atoms with Crippen molar-refractivity contribution in [3.63, 3.8) is 0 Å². The van der Waals surface area contributed by atoms with Crippen molar-refractivity contribution in [1.82, 2.24) is 24.4 Å². The van der Waals surface area contributed by atoms with Crippen LogP contribution >= 0.6 is 0 Å². The van der Waals surface area contributed by atoms with Gasteiger partial charge in [-0.1, -0.05) is 0 Å². The first kappa shape index (κ1) is 20.7. The summed E-state index contributed by atoms with van der Waals surface area (Å²) in [6, 6.07) is 0.707. The maximum absolute atomic E-state index is 11.1. The molecule has 31 heavy (non-hydrogen) atoms. The van der Waals surface area contributed by atoms with Crippen molar-refractivity contribution in [2.24, 2.45) is 5.92 Å². The molecule has 3 fully saturated rings. The quantitative estimate of drug-likeness (QED) is 0.677. The standard InChI is InChI=1S/C21H30N6O4/c1-12(2)26(14-5-13(6-14)8-28)7-15-17-21(9-29-15,31-20(3,4)30-17)27-11-25-16-18(22)23-10-24-19(16)27/h8,10-15,17H,5-7,9H2,1-4H3,(H2,22,23,24)/t13-,14-,15-,17-,21-/m1/s1. The third kappa shape index (κ3) is 3.24. The summed E-state index contributed by atoms with van der Waals surface area (Å²) in [4.78, 5) is 26.4. The molecule has 0 spiro atoms. The van der Waals surface area contributed by atoms with Crippen LogP contribution in [0, 0.1) is 5.92 Å². The van der Waals surface area contributed by atoms with Crippen LogP contribution in [-0.4, -0.2) is 73.9 Å². The van der Waals surface area contributed by atoms with Crippen LogP contribution in [0.2, 0.25) is 0 Å². The first-order chi connectivity index (χ1) is 14.7. The molecule has 0 amide bonds. The maximum atomic E-state index is 11.1. The molecule has 0 bridgehead atoms. The maximum Gasteiger partial charge on any atom is 0.203 e. The minimum absolute atomic E-state index is 0.169. The van der Waals surface area contributed by atoms with E-state index in [1.807, 2.05) is 18.4 Å². The topological polar surface area (TPSA) is 118 Å². The van der Waals surface area contributed by atoms with Crippen LogP contribution < -0.4 is 5.73 Å². The highest BCUT2D eigenvalue weighted by Gasteiger charge is 2.63. The number of aldehydes is 1. The Kier molecular flexibility index (Phi) is 4.81. The van der Waals surface area contributed by atoms with E-state index in [4.69, 9.17) is 19.9 Å². The van der Waals surface area contributed by atoms with Crippen LogP contribution in [0.15, 0.2) is 12.7 Å². The Morgan fingerprint density at radius 3 is 2.81 bits per heavy atom. The Hall–Kier alpha value is -2.14. The van der Waals surface area contributed by atoms with E-state index in [1.165, 1.54) is 6.33 Å². The Morgan fingerprint density at radius 2 is 2.10 bits per heavy atom. The largest absolute Gasteiger partial charge is 0.382 e. The monoisotopic (exact) mass is 430 g/mol. The van der Waals surface area contributed by atoms with Gasteiger partial charge in [-0.3, -0.25) is 9.47 Å². The van der Waals surface area contributed by atoms with Gasteiger partial charge in [0, 0.05) is 24.5 Å². The van der Waals surface area contributed by atoms with E-state index in [2.05, 4.69) is 33.7 Å². The van der Waals surface area contributed by atoms with Crippen molar-refractivity contribution in [2.75, 3.05) is 18.9 Å². The third-order valence-electron chi connectivity index (χ3n) is 6.75. The smallest absolute Gasteiger partial charge is 0.203 e. The zero-order valence-electron chi connectivity index (χ0n) is 18.4. The number of nitrogens with two attached hydrogens (primary N) is 1. The van der Waals surface area contributed by atoms with E-state index in [0.717, 1.165) is 19.1 Å². The van der Waals surface area contributed by atoms with Gasteiger partial charge in [0.05, 0.1) is 12.9 Å². The van der Waals surface area contributed by atoms with Gasteiger partial charge in [0.15, 0.2) is 17.3 Å². The number of nitrogens with zero attached hydrogens (tertiary/aromatic N) is 5. The number of hydrogen-bond donors (Lipinski definition) is 1. The fourth-order valence-electron chi connectivity index (χ4n) is 5.23. The second-order valence-electron chi connectivity index (χ2n) is 9.59. The minimum atomic E-state index is -0.892. The number of ether oxygens (including phenoxy) is 3. The molecule has 0 radical (unpaired) electrons. The van der Waals surface area contributed by atoms with Gasteiger partial charge in [-0.15, -0.1) is 0 Å². The lowest BCUT2D eigenvalue weighted by atomic mass is 9.79. The Labute approximate surface area is 181 Å². The van der Waals surface area contributed by atoms with E-state index in [-0.39, 0.29) is 18.1 Å². The van der Waals surface area contributed by atoms with E-state index in [9.17, 15) is 4.79 Å². The molecule has 1 saturated carbocycles. The minimum Gasteiger partial charge on any atom is -0.382 e. The fraction of sp³-hybridized carbons (Fsp3) is 0.714. The lowest BCUT2D eigenvalue weighted by Gasteiger charge is -2.44. The van der Waals surface area contributed by atoms with Gasteiger partial charge >= 0.3 is 0 Å². The van der Waals surface area contributed by atoms with E-state index >= 15 is 0 Å². The molecule has 2 aliphatic heterocycles. The molecule has 5 rings (SSSR count). The van der Waals surface area contributed by atoms with Crippen LogP contribution in [0.3, 0.4) is 0 Å². The highest BCUT2D eigenvalue weighted by molar-refractivity contribution is 5.81. The molecule has 2 aromatic rings. The van der Waals surface area contributed by atoms with Gasteiger partial charge in [0.1, 0.15) is 30.3 Å². The van der Waals surface area contributed by atoms with Gasteiger partial charge in [0.2, 0.25) is 5.72 Å². The second kappa shape index (κ2) is 7.19. The number of carbonyl (C=O) groups is 1. The molecule has 0 unspecified atom stereocenters. The summed E-state index contributed by atoms with van der Waals surface area (Å²) >= 11 is 0. The molecular weight excluding hydrogens is 400 g/mol. The van der Waals surface area contributed by atoms with Crippen molar-refractivity contribution in [2.45, 2.75) is 76.3 Å². The first-order valence-electron chi connectivity index (χ1n) is 10.9. The highest BCUT2D eigenvalue weighted by atomic mass is 16.8. The lowest BCUT2D eigenvalue weighted by molar-refractivity contribution is -0.206. The summed E-state index contributed by atoms with van der Waals surface area (Å²) in [5.41, 5.74) is 6.23. The van der Waals surface area contributed by atoms with Gasteiger partial charge in [0.25, 0.3) is 0 Å². The van der Waals surface area contributed by atoms with Gasteiger partial charge in [-0.2, -0.15) is 0 Å². The summed E-state index contributed by atoms with van der Waals surface area (Å²) in [7, 11) is 0. The molecule has 1 aliphatic carbocycles. The first-order valence-corrected chi connectivity index (χ1v) is 10.9. The SMILES string of the molecule is CC(C)N(C[C@H]1OC[C@@]2(n3cnc4c(N)ncnc43)OC(C)(C)O[C@H]12)[C@H]1C[C@H](C=O)C1. The fourth-order valence-corrected chi connectivity index (χ4v) is 5.23. The lowest BCUT2D eigenvalue weighted by Crippen LogP contribution is -2.53. The molecule has 2 aromatic heterocycles. The number of carbonyl (C=O) groups excluding carboxylic acids is 1. The Balaban J connectivity index is 1.46. The normalized spacial score (nSPS) is 34.4. The molecule has 10 nitrogen and oxygen atoms in total. The number of nitrogen functional groups attached to an aromatic ring is 1. The van der Waals surface area contributed by atoms with Crippen molar-refractivity contribution < 1.29 is 19.0 Å². The van der Waals surface area contributed by atoms with Crippen molar-refractivity contribution in [3.8, 4) is 0 Å². The molecular formula is C21H30N6O4. The van der Waals surface area contributed by atoms with Crippen LogP contribution in [-0.2, 0) is 24.7 Å². The molecule has 2 saturated heterocycles. The molecule has 4 heterocycles. The Morgan fingerprint density at radius 1 is 1.32 bits per heavy atom. The summed E-state index contributed by atoms with van der Waals surface area (Å²) in [6.45, 7) is 9.18. The summed E-state index contributed by atoms with van der Waals surface area (Å²) in [5, 5.41) is 0. The van der Waals surface area contributed by atoms with Crippen LogP contribution in [0.4, 0.5) is 5.82 Å². The zero-order valence-corrected chi connectivity index (χ0v) is 18.4. The predicted molar refractivity (Wildman–Crippen MR) is 112 cm³/mol. The van der Waals surface area contributed by atoms with Crippen LogP contribution in [0.5, 0.6) is 0 Å². The second-order valence-corrected chi connectivity index (χ2v) is 9.59. The van der Waals surface area contributed by atoms with E-state index in [1.54, 1.807) is 6.33 Å². The summed E-state index contributed by atoms with van der Waals surface area (Å²) < 4.78 is 21.0.